The summed E-state index contributed by atoms with van der Waals surface area (Å²) in [5.74, 6) is 0.802. The number of amides is 1. The van der Waals surface area contributed by atoms with Crippen LogP contribution in [0.1, 0.15) is 44.9 Å². The molecule has 1 atom stereocenters. The lowest BCUT2D eigenvalue weighted by Gasteiger charge is -2.27. The van der Waals surface area contributed by atoms with Gasteiger partial charge in [-0.05, 0) is 55.7 Å². The summed E-state index contributed by atoms with van der Waals surface area (Å²) in [4.78, 5) is 15.0. The highest BCUT2D eigenvalue weighted by atomic mass is 19.1. The van der Waals surface area contributed by atoms with Crippen LogP contribution in [0.2, 0.25) is 0 Å². The summed E-state index contributed by atoms with van der Waals surface area (Å²) in [7, 11) is 0. The molecule has 34 heavy (non-hydrogen) atoms. The fourth-order valence-corrected chi connectivity index (χ4v) is 4.21. The van der Waals surface area contributed by atoms with Crippen LogP contribution >= 0.6 is 0 Å². The first-order valence-corrected chi connectivity index (χ1v) is 12.0. The minimum Gasteiger partial charge on any atom is -0.439 e. The van der Waals surface area contributed by atoms with Gasteiger partial charge in [0.2, 0.25) is 11.8 Å². The van der Waals surface area contributed by atoms with E-state index in [1.165, 1.54) is 12.1 Å². The Balaban J connectivity index is 1.76. The minimum atomic E-state index is -0.317. The second-order valence-corrected chi connectivity index (χ2v) is 8.90. The van der Waals surface area contributed by atoms with Crippen molar-refractivity contribution in [2.24, 2.45) is 5.92 Å². The van der Waals surface area contributed by atoms with Gasteiger partial charge in [-0.15, -0.1) is 0 Å². The Morgan fingerprint density at radius 1 is 1.21 bits per heavy atom. The monoisotopic (exact) mass is 465 g/mol. The lowest BCUT2D eigenvalue weighted by molar-refractivity contribution is -0.136. The third-order valence-electron chi connectivity index (χ3n) is 5.99. The molecule has 0 N–H and O–H groups in total. The Kier molecular flexibility index (Phi) is 7.63. The molecule has 1 aliphatic heterocycles. The number of nitrogens with zero attached hydrogens (tertiary/aromatic N) is 3. The number of aromatic nitrogens is 2. The molecule has 1 amide bonds. The van der Waals surface area contributed by atoms with E-state index in [0.717, 1.165) is 30.7 Å². The largest absolute Gasteiger partial charge is 0.439 e. The van der Waals surface area contributed by atoms with Crippen LogP contribution in [0.25, 0.3) is 5.69 Å². The van der Waals surface area contributed by atoms with E-state index in [1.807, 2.05) is 56.0 Å². The Labute approximate surface area is 200 Å². The molecule has 0 radical (unpaired) electrons. The van der Waals surface area contributed by atoms with Crippen LogP contribution in [0.5, 0.6) is 11.6 Å². The minimum absolute atomic E-state index is 0.0402. The van der Waals surface area contributed by atoms with Crippen molar-refractivity contribution in [1.82, 2.24) is 14.7 Å². The summed E-state index contributed by atoms with van der Waals surface area (Å²) in [5, 5.41) is 4.81. The summed E-state index contributed by atoms with van der Waals surface area (Å²) in [6.07, 6.45) is 2.67. The molecule has 1 aliphatic rings. The molecule has 1 fully saturated rings. The lowest BCUT2D eigenvalue weighted by atomic mass is 10.1. The van der Waals surface area contributed by atoms with E-state index < -0.39 is 0 Å². The van der Waals surface area contributed by atoms with Crippen LogP contribution in [0, 0.1) is 11.7 Å². The Morgan fingerprint density at radius 2 is 1.94 bits per heavy atom. The fraction of sp³-hybridized carbons (Fsp3) is 0.407. The first kappa shape index (κ1) is 24.0. The van der Waals surface area contributed by atoms with Crippen LogP contribution in [0.15, 0.2) is 54.6 Å². The summed E-state index contributed by atoms with van der Waals surface area (Å²) < 4.78 is 27.5. The molecule has 0 bridgehead atoms. The molecular formula is C27H32FN3O3. The van der Waals surface area contributed by atoms with Gasteiger partial charge in [0.15, 0.2) is 0 Å². The second-order valence-electron chi connectivity index (χ2n) is 8.90. The standard InChI is InChI=1S/C27H32FN3O3/c1-4-25-24(18-30(26(32)19(2)3)17-23-11-8-16-33-23)27(34-22-9-6-5-7-10-22)31(29-25)21-14-12-20(28)13-15-21/h5-7,9-10,12-15,19,23H,4,8,11,16-18H2,1-3H3/t23-/m1/s1. The van der Waals surface area contributed by atoms with Gasteiger partial charge in [-0.2, -0.15) is 5.10 Å². The zero-order valence-electron chi connectivity index (χ0n) is 20.0. The van der Waals surface area contributed by atoms with Crippen molar-refractivity contribution in [3.05, 3.63) is 71.7 Å². The zero-order chi connectivity index (χ0) is 24.1. The van der Waals surface area contributed by atoms with E-state index >= 15 is 0 Å². The predicted octanol–water partition coefficient (Wildman–Crippen LogP) is 5.53. The lowest BCUT2D eigenvalue weighted by Crippen LogP contribution is -2.39. The topological polar surface area (TPSA) is 56.6 Å². The molecule has 1 saturated heterocycles. The Morgan fingerprint density at radius 3 is 2.56 bits per heavy atom. The highest BCUT2D eigenvalue weighted by Crippen LogP contribution is 2.33. The van der Waals surface area contributed by atoms with E-state index in [4.69, 9.17) is 14.6 Å². The maximum Gasteiger partial charge on any atom is 0.227 e. The van der Waals surface area contributed by atoms with Gasteiger partial charge in [-0.1, -0.05) is 39.0 Å². The van der Waals surface area contributed by atoms with Crippen LogP contribution < -0.4 is 4.74 Å². The second kappa shape index (κ2) is 10.8. The van der Waals surface area contributed by atoms with Crippen LogP contribution in [0.4, 0.5) is 4.39 Å². The number of hydrogen-bond acceptors (Lipinski definition) is 4. The molecule has 2 heterocycles. The third kappa shape index (κ3) is 5.47. The first-order chi connectivity index (χ1) is 16.5. The smallest absolute Gasteiger partial charge is 0.227 e. The number of carbonyl (C=O) groups is 1. The molecule has 3 aromatic rings. The number of ether oxygens (including phenoxy) is 2. The highest BCUT2D eigenvalue weighted by molar-refractivity contribution is 5.78. The van der Waals surface area contributed by atoms with Crippen molar-refractivity contribution < 1.29 is 18.7 Å². The molecular weight excluding hydrogens is 433 g/mol. The van der Waals surface area contributed by atoms with Crippen molar-refractivity contribution in [2.75, 3.05) is 13.2 Å². The molecule has 180 valence electrons. The average molecular weight is 466 g/mol. The molecule has 0 spiro atoms. The SMILES string of the molecule is CCc1nn(-c2ccc(F)cc2)c(Oc2ccccc2)c1CN(C[C@H]1CCCO1)C(=O)C(C)C. The average Bonchev–Trinajstić information content (AvgIpc) is 3.47. The van der Waals surface area contributed by atoms with E-state index in [1.54, 1.807) is 16.8 Å². The molecule has 1 aromatic heterocycles. The maximum absolute atomic E-state index is 13.6. The van der Waals surface area contributed by atoms with Gasteiger partial charge in [-0.3, -0.25) is 4.79 Å². The Hall–Kier alpha value is -3.19. The number of hydrogen-bond donors (Lipinski definition) is 0. The first-order valence-electron chi connectivity index (χ1n) is 12.0. The summed E-state index contributed by atoms with van der Waals surface area (Å²) in [6, 6.07) is 15.6. The molecule has 0 unspecified atom stereocenters. The van der Waals surface area contributed by atoms with Gasteiger partial charge < -0.3 is 14.4 Å². The molecule has 0 saturated carbocycles. The van der Waals surface area contributed by atoms with Crippen molar-refractivity contribution in [2.45, 2.75) is 52.7 Å². The van der Waals surface area contributed by atoms with Crippen LogP contribution in [0.3, 0.4) is 0 Å². The van der Waals surface area contributed by atoms with E-state index in [-0.39, 0.29) is 23.7 Å². The Bertz CT molecular complexity index is 1090. The van der Waals surface area contributed by atoms with Gasteiger partial charge in [-0.25, -0.2) is 9.07 Å². The quantitative estimate of drug-likeness (QED) is 0.417. The number of aryl methyl sites for hydroxylation is 1. The molecule has 2 aromatic carbocycles. The van der Waals surface area contributed by atoms with Crippen molar-refractivity contribution in [3.8, 4) is 17.3 Å². The summed E-state index contributed by atoms with van der Waals surface area (Å²) in [6.45, 7) is 7.49. The third-order valence-corrected chi connectivity index (χ3v) is 5.99. The van der Waals surface area contributed by atoms with Gasteiger partial charge in [0.05, 0.1) is 29.6 Å². The number of carbonyl (C=O) groups excluding carboxylic acids is 1. The van der Waals surface area contributed by atoms with Crippen molar-refractivity contribution >= 4 is 5.91 Å². The highest BCUT2D eigenvalue weighted by Gasteiger charge is 2.28. The normalized spacial score (nSPS) is 15.6. The van der Waals surface area contributed by atoms with E-state index in [9.17, 15) is 9.18 Å². The number of halogens is 1. The zero-order valence-corrected chi connectivity index (χ0v) is 20.0. The van der Waals surface area contributed by atoms with Gasteiger partial charge in [0.1, 0.15) is 11.6 Å². The number of rotatable bonds is 9. The van der Waals surface area contributed by atoms with Gasteiger partial charge in [0.25, 0.3) is 0 Å². The van der Waals surface area contributed by atoms with Crippen molar-refractivity contribution in [3.63, 3.8) is 0 Å². The predicted molar refractivity (Wildman–Crippen MR) is 129 cm³/mol. The summed E-state index contributed by atoms with van der Waals surface area (Å²) >= 11 is 0. The molecule has 6 nitrogen and oxygen atoms in total. The van der Waals surface area contributed by atoms with E-state index in [2.05, 4.69) is 0 Å². The van der Waals surface area contributed by atoms with Crippen molar-refractivity contribution in [1.29, 1.82) is 0 Å². The van der Waals surface area contributed by atoms with E-state index in [0.29, 0.717) is 36.8 Å². The van der Waals surface area contributed by atoms with Gasteiger partial charge >= 0.3 is 0 Å². The fourth-order valence-electron chi connectivity index (χ4n) is 4.21. The maximum atomic E-state index is 13.6. The number of benzene rings is 2. The number of para-hydroxylation sites is 1. The van der Waals surface area contributed by atoms with Crippen LogP contribution in [-0.4, -0.2) is 39.8 Å². The molecule has 4 rings (SSSR count). The molecule has 0 aliphatic carbocycles. The van der Waals surface area contributed by atoms with Gasteiger partial charge in [0, 0.05) is 19.1 Å². The summed E-state index contributed by atoms with van der Waals surface area (Å²) in [5.41, 5.74) is 2.38. The molecule has 7 heteroatoms. The van der Waals surface area contributed by atoms with Crippen LogP contribution in [-0.2, 0) is 22.5 Å².